The predicted molar refractivity (Wildman–Crippen MR) is 65.9 cm³/mol. The van der Waals surface area contributed by atoms with Gasteiger partial charge in [-0.3, -0.25) is 9.97 Å². The number of rotatable bonds is 2. The fourth-order valence-corrected chi connectivity index (χ4v) is 1.91. The summed E-state index contributed by atoms with van der Waals surface area (Å²) in [6.07, 6.45) is -2.38. The van der Waals surface area contributed by atoms with Crippen LogP contribution in [0.4, 0.5) is 13.2 Å². The monoisotopic (exact) mass is 297 g/mol. The summed E-state index contributed by atoms with van der Waals surface area (Å²) in [6.45, 7) is 0. The molecule has 1 atom stereocenters. The second kappa shape index (κ2) is 5.47. The molecule has 0 saturated heterocycles. The van der Waals surface area contributed by atoms with Gasteiger partial charge < -0.3 is 0 Å². The van der Waals surface area contributed by atoms with Crippen LogP contribution >= 0.6 is 11.6 Å². The first-order chi connectivity index (χ1) is 9.43. The molecular formula is C13H7ClF3N3. The van der Waals surface area contributed by atoms with Gasteiger partial charge in [0.15, 0.2) is 0 Å². The molecule has 0 unspecified atom stereocenters. The average molecular weight is 298 g/mol. The molecule has 7 heteroatoms. The van der Waals surface area contributed by atoms with Gasteiger partial charge in [0.1, 0.15) is 5.92 Å². The number of hydrogen-bond acceptors (Lipinski definition) is 3. The van der Waals surface area contributed by atoms with Crippen LogP contribution in [0.1, 0.15) is 22.9 Å². The second-order valence-electron chi connectivity index (χ2n) is 3.91. The Bertz CT molecular complexity index is 650. The van der Waals surface area contributed by atoms with Crippen molar-refractivity contribution in [2.45, 2.75) is 12.1 Å². The summed E-state index contributed by atoms with van der Waals surface area (Å²) in [7, 11) is 0. The van der Waals surface area contributed by atoms with Crippen LogP contribution in [0.2, 0.25) is 5.02 Å². The van der Waals surface area contributed by atoms with E-state index < -0.39 is 17.7 Å². The summed E-state index contributed by atoms with van der Waals surface area (Å²) in [5, 5.41) is 8.96. The molecule has 0 saturated carbocycles. The summed E-state index contributed by atoms with van der Waals surface area (Å²) in [5.74, 6) is -0.911. The lowest BCUT2D eigenvalue weighted by Crippen LogP contribution is -2.09. The average Bonchev–Trinajstić information content (AvgIpc) is 2.41. The molecule has 0 bridgehead atoms. The number of nitriles is 1. The van der Waals surface area contributed by atoms with Crippen LogP contribution in [-0.4, -0.2) is 9.97 Å². The highest BCUT2D eigenvalue weighted by molar-refractivity contribution is 6.31. The molecule has 0 aliphatic rings. The Kier molecular flexibility index (Phi) is 3.91. The van der Waals surface area contributed by atoms with E-state index in [1.165, 1.54) is 6.20 Å². The van der Waals surface area contributed by atoms with Crippen LogP contribution in [0.25, 0.3) is 0 Å². The van der Waals surface area contributed by atoms with Gasteiger partial charge >= 0.3 is 6.18 Å². The van der Waals surface area contributed by atoms with Crippen LogP contribution in [0, 0.1) is 11.3 Å². The predicted octanol–water partition coefficient (Wildman–Crippen LogP) is 3.80. The molecule has 0 fully saturated rings. The largest absolute Gasteiger partial charge is 0.417 e. The van der Waals surface area contributed by atoms with E-state index in [-0.39, 0.29) is 10.7 Å². The molecule has 2 aromatic heterocycles. The zero-order valence-corrected chi connectivity index (χ0v) is 10.7. The van der Waals surface area contributed by atoms with Crippen molar-refractivity contribution >= 4 is 11.6 Å². The van der Waals surface area contributed by atoms with E-state index in [9.17, 15) is 18.4 Å². The van der Waals surface area contributed by atoms with Gasteiger partial charge in [-0.25, -0.2) is 0 Å². The number of aromatic nitrogens is 2. The maximum atomic E-state index is 12.5. The number of halogens is 4. The van der Waals surface area contributed by atoms with Crippen molar-refractivity contribution in [2.75, 3.05) is 0 Å². The van der Waals surface area contributed by atoms with Crippen LogP contribution < -0.4 is 0 Å². The van der Waals surface area contributed by atoms with Crippen molar-refractivity contribution < 1.29 is 13.2 Å². The Morgan fingerprint density at radius 2 is 2.00 bits per heavy atom. The molecule has 0 amide bonds. The van der Waals surface area contributed by atoms with E-state index in [4.69, 9.17) is 11.6 Å². The van der Waals surface area contributed by atoms with Crippen molar-refractivity contribution in [1.82, 2.24) is 9.97 Å². The number of hydrogen-bond donors (Lipinski definition) is 0. The standard InChI is InChI=1S/C13H7ClF3N3/c14-10-5-8(13(15,16)17)7-20-12(10)9(6-18)11-3-1-2-4-19-11/h1-5,7,9H/t9-/m1/s1. The second-order valence-corrected chi connectivity index (χ2v) is 4.31. The van der Waals surface area contributed by atoms with Gasteiger partial charge in [-0.2, -0.15) is 18.4 Å². The third-order valence-corrected chi connectivity index (χ3v) is 2.89. The Morgan fingerprint density at radius 3 is 2.50 bits per heavy atom. The fraction of sp³-hybridized carbons (Fsp3) is 0.154. The smallest absolute Gasteiger partial charge is 0.259 e. The van der Waals surface area contributed by atoms with E-state index in [0.717, 1.165) is 6.07 Å². The lowest BCUT2D eigenvalue weighted by Gasteiger charge is -2.12. The highest BCUT2D eigenvalue weighted by Gasteiger charge is 2.32. The van der Waals surface area contributed by atoms with Gasteiger partial charge in [-0.15, -0.1) is 0 Å². The summed E-state index contributed by atoms with van der Waals surface area (Å²) in [4.78, 5) is 7.67. The fourth-order valence-electron chi connectivity index (χ4n) is 1.63. The van der Waals surface area contributed by atoms with Gasteiger partial charge in [0.2, 0.25) is 0 Å². The van der Waals surface area contributed by atoms with Crippen molar-refractivity contribution in [3.8, 4) is 6.07 Å². The number of pyridine rings is 2. The van der Waals surface area contributed by atoms with Gasteiger partial charge in [0.05, 0.1) is 28.0 Å². The van der Waals surface area contributed by atoms with Gasteiger partial charge in [-0.1, -0.05) is 17.7 Å². The van der Waals surface area contributed by atoms with Crippen LogP contribution in [-0.2, 0) is 6.18 Å². The molecule has 2 heterocycles. The molecule has 2 rings (SSSR count). The maximum absolute atomic E-state index is 12.5. The minimum absolute atomic E-state index is 0.0564. The lowest BCUT2D eigenvalue weighted by atomic mass is 10.0. The summed E-state index contributed by atoms with van der Waals surface area (Å²) in [5.41, 5.74) is -0.519. The minimum Gasteiger partial charge on any atom is -0.259 e. The van der Waals surface area contributed by atoms with E-state index in [1.54, 1.807) is 18.2 Å². The Balaban J connectivity index is 2.45. The number of alkyl halides is 3. The quantitative estimate of drug-likeness (QED) is 0.847. The van der Waals surface area contributed by atoms with Crippen molar-refractivity contribution in [2.24, 2.45) is 0 Å². The molecule has 0 N–H and O–H groups in total. The molecule has 3 nitrogen and oxygen atoms in total. The van der Waals surface area contributed by atoms with Crippen molar-refractivity contribution in [3.63, 3.8) is 0 Å². The topological polar surface area (TPSA) is 49.6 Å². The Labute approximate surface area is 117 Å². The molecule has 0 radical (unpaired) electrons. The highest BCUT2D eigenvalue weighted by Crippen LogP contribution is 2.33. The lowest BCUT2D eigenvalue weighted by molar-refractivity contribution is -0.137. The molecular weight excluding hydrogens is 291 g/mol. The molecule has 0 aliphatic carbocycles. The Hall–Kier alpha value is -2.13. The van der Waals surface area contributed by atoms with Crippen molar-refractivity contribution in [3.05, 3.63) is 58.6 Å². The highest BCUT2D eigenvalue weighted by atomic mass is 35.5. The molecule has 20 heavy (non-hydrogen) atoms. The summed E-state index contributed by atoms with van der Waals surface area (Å²) < 4.78 is 37.6. The molecule has 0 aliphatic heterocycles. The van der Waals surface area contributed by atoms with E-state index >= 15 is 0 Å². The first-order valence-electron chi connectivity index (χ1n) is 5.46. The molecule has 2 aromatic rings. The molecule has 0 spiro atoms. The number of nitrogens with zero attached hydrogens (tertiary/aromatic N) is 3. The SMILES string of the molecule is N#C[C@H](c1ccccn1)c1ncc(C(F)(F)F)cc1Cl. The first-order valence-corrected chi connectivity index (χ1v) is 5.84. The van der Waals surface area contributed by atoms with Gasteiger partial charge in [-0.05, 0) is 18.2 Å². The van der Waals surface area contributed by atoms with Crippen LogP contribution in [0.3, 0.4) is 0 Å². The third-order valence-electron chi connectivity index (χ3n) is 2.58. The van der Waals surface area contributed by atoms with E-state index in [2.05, 4.69) is 9.97 Å². The van der Waals surface area contributed by atoms with E-state index in [1.807, 2.05) is 6.07 Å². The zero-order valence-electron chi connectivity index (χ0n) is 9.89. The first kappa shape index (κ1) is 14.3. The maximum Gasteiger partial charge on any atom is 0.417 e. The Morgan fingerprint density at radius 1 is 1.25 bits per heavy atom. The third kappa shape index (κ3) is 2.89. The summed E-state index contributed by atoms with van der Waals surface area (Å²) >= 11 is 5.82. The normalized spacial score (nSPS) is 12.8. The van der Waals surface area contributed by atoms with Crippen LogP contribution in [0.15, 0.2) is 36.7 Å². The van der Waals surface area contributed by atoms with Gasteiger partial charge in [0, 0.05) is 12.4 Å². The van der Waals surface area contributed by atoms with Gasteiger partial charge in [0.25, 0.3) is 0 Å². The minimum atomic E-state index is -4.53. The van der Waals surface area contributed by atoms with Crippen molar-refractivity contribution in [1.29, 1.82) is 5.26 Å². The zero-order chi connectivity index (χ0) is 14.8. The van der Waals surface area contributed by atoms with Crippen LogP contribution in [0.5, 0.6) is 0 Å². The molecule has 102 valence electrons. The van der Waals surface area contributed by atoms with E-state index in [0.29, 0.717) is 11.9 Å². The molecule has 0 aromatic carbocycles. The summed E-state index contributed by atoms with van der Waals surface area (Å²) in [6, 6.07) is 7.63.